The van der Waals surface area contributed by atoms with Gasteiger partial charge in [-0.15, -0.1) is 11.8 Å². The Hall–Kier alpha value is -2.54. The number of nitro groups is 1. The second-order valence-corrected chi connectivity index (χ2v) is 6.33. The maximum atomic E-state index is 11.1. The van der Waals surface area contributed by atoms with Crippen LogP contribution in [-0.4, -0.2) is 24.2 Å². The number of thioether (sulfide) groups is 1. The minimum Gasteiger partial charge on any atom is -0.352 e. The number of aryl methyl sites for hydroxylation is 1. The van der Waals surface area contributed by atoms with E-state index in [-0.39, 0.29) is 10.6 Å². The number of aliphatic imine (C=N–C) groups is 1. The van der Waals surface area contributed by atoms with Crippen LogP contribution in [0.3, 0.4) is 0 Å². The SMILES string of the molecule is CN=C(NCc1ccc(C)cc1SC)NCc1ccccc1[N+](=O)[O-]. The largest absolute Gasteiger partial charge is 0.352 e. The van der Waals surface area contributed by atoms with Gasteiger partial charge in [-0.2, -0.15) is 0 Å². The number of nitro benzene ring substituents is 1. The number of nitrogens with zero attached hydrogens (tertiary/aromatic N) is 2. The summed E-state index contributed by atoms with van der Waals surface area (Å²) in [5, 5.41) is 17.5. The molecule has 0 saturated heterocycles. The molecule has 0 bridgehead atoms. The summed E-state index contributed by atoms with van der Waals surface area (Å²) in [4.78, 5) is 16.1. The molecule has 2 rings (SSSR count). The van der Waals surface area contributed by atoms with Crippen molar-refractivity contribution in [1.82, 2.24) is 10.6 Å². The number of rotatable bonds is 6. The monoisotopic (exact) mass is 358 g/mol. The van der Waals surface area contributed by atoms with E-state index >= 15 is 0 Å². The number of hydrogen-bond acceptors (Lipinski definition) is 4. The Labute approximate surface area is 151 Å². The smallest absolute Gasteiger partial charge is 0.274 e. The summed E-state index contributed by atoms with van der Waals surface area (Å²) in [7, 11) is 1.68. The molecular formula is C18H22N4O2S. The van der Waals surface area contributed by atoms with Gasteiger partial charge in [0, 0.05) is 36.7 Å². The first-order valence-electron chi connectivity index (χ1n) is 7.85. The van der Waals surface area contributed by atoms with E-state index in [1.165, 1.54) is 22.1 Å². The standard InChI is InChI=1S/C18H22N4O2S/c1-13-8-9-15(17(10-13)25-3)12-21-18(19-2)20-11-14-6-4-5-7-16(14)22(23)24/h4-10H,11-12H2,1-3H3,(H2,19,20,21). The number of nitrogens with one attached hydrogen (secondary N) is 2. The topological polar surface area (TPSA) is 79.6 Å². The molecule has 0 radical (unpaired) electrons. The predicted molar refractivity (Wildman–Crippen MR) is 103 cm³/mol. The molecule has 2 aromatic rings. The summed E-state index contributed by atoms with van der Waals surface area (Å²) in [5.41, 5.74) is 3.14. The van der Waals surface area contributed by atoms with Crippen molar-refractivity contribution in [3.05, 3.63) is 69.3 Å². The molecule has 6 nitrogen and oxygen atoms in total. The van der Waals surface area contributed by atoms with E-state index < -0.39 is 0 Å². The van der Waals surface area contributed by atoms with Crippen molar-refractivity contribution >= 4 is 23.4 Å². The number of para-hydroxylation sites is 1. The van der Waals surface area contributed by atoms with Crippen LogP contribution in [0.5, 0.6) is 0 Å². The van der Waals surface area contributed by atoms with Crippen LogP contribution in [0.4, 0.5) is 5.69 Å². The quantitative estimate of drug-likeness (QED) is 0.272. The molecular weight excluding hydrogens is 336 g/mol. The van der Waals surface area contributed by atoms with Crippen LogP contribution >= 0.6 is 11.8 Å². The van der Waals surface area contributed by atoms with Gasteiger partial charge in [-0.05, 0) is 30.4 Å². The third-order valence-corrected chi connectivity index (χ3v) is 4.57. The molecule has 0 aliphatic rings. The van der Waals surface area contributed by atoms with Crippen molar-refractivity contribution in [2.45, 2.75) is 24.9 Å². The molecule has 25 heavy (non-hydrogen) atoms. The molecule has 0 amide bonds. The van der Waals surface area contributed by atoms with Gasteiger partial charge >= 0.3 is 0 Å². The maximum Gasteiger partial charge on any atom is 0.274 e. The van der Waals surface area contributed by atoms with Crippen LogP contribution in [0.1, 0.15) is 16.7 Å². The van der Waals surface area contributed by atoms with Crippen LogP contribution in [-0.2, 0) is 13.1 Å². The molecule has 0 unspecified atom stereocenters. The molecule has 0 atom stereocenters. The van der Waals surface area contributed by atoms with Gasteiger partial charge in [0.2, 0.25) is 0 Å². The van der Waals surface area contributed by atoms with Crippen molar-refractivity contribution < 1.29 is 4.92 Å². The Morgan fingerprint density at radius 2 is 1.84 bits per heavy atom. The highest BCUT2D eigenvalue weighted by Crippen LogP contribution is 2.21. The molecule has 0 heterocycles. The van der Waals surface area contributed by atoms with Crippen LogP contribution < -0.4 is 10.6 Å². The highest BCUT2D eigenvalue weighted by Gasteiger charge is 2.12. The van der Waals surface area contributed by atoms with E-state index in [9.17, 15) is 10.1 Å². The van der Waals surface area contributed by atoms with Gasteiger partial charge in [0.25, 0.3) is 5.69 Å². The molecule has 0 fully saturated rings. The van der Waals surface area contributed by atoms with E-state index in [0.29, 0.717) is 24.6 Å². The lowest BCUT2D eigenvalue weighted by atomic mass is 10.1. The summed E-state index contributed by atoms with van der Waals surface area (Å²) < 4.78 is 0. The molecule has 2 N–H and O–H groups in total. The van der Waals surface area contributed by atoms with Crippen molar-refractivity contribution in [1.29, 1.82) is 0 Å². The summed E-state index contributed by atoms with van der Waals surface area (Å²) in [6.45, 7) is 3.04. The minimum absolute atomic E-state index is 0.105. The summed E-state index contributed by atoms with van der Waals surface area (Å²) in [6.07, 6.45) is 2.06. The first-order chi connectivity index (χ1) is 12.0. The second kappa shape index (κ2) is 9.08. The Morgan fingerprint density at radius 3 is 2.48 bits per heavy atom. The molecule has 132 valence electrons. The van der Waals surface area contributed by atoms with Crippen molar-refractivity contribution in [2.75, 3.05) is 13.3 Å². The Bertz CT molecular complexity index is 777. The zero-order valence-electron chi connectivity index (χ0n) is 14.6. The van der Waals surface area contributed by atoms with Crippen LogP contribution in [0, 0.1) is 17.0 Å². The normalized spacial score (nSPS) is 11.2. The van der Waals surface area contributed by atoms with E-state index in [1.54, 1.807) is 37.0 Å². The van der Waals surface area contributed by atoms with Gasteiger partial charge in [0.05, 0.1) is 4.92 Å². The van der Waals surface area contributed by atoms with Gasteiger partial charge < -0.3 is 10.6 Å². The van der Waals surface area contributed by atoms with E-state index in [0.717, 1.165) is 0 Å². The molecule has 7 heteroatoms. The van der Waals surface area contributed by atoms with Crippen molar-refractivity contribution in [2.24, 2.45) is 4.99 Å². The number of benzene rings is 2. The van der Waals surface area contributed by atoms with Crippen molar-refractivity contribution in [3.8, 4) is 0 Å². The maximum absolute atomic E-state index is 11.1. The lowest BCUT2D eigenvalue weighted by molar-refractivity contribution is -0.385. The summed E-state index contributed by atoms with van der Waals surface area (Å²) in [5.74, 6) is 0.603. The third kappa shape index (κ3) is 5.22. The Morgan fingerprint density at radius 1 is 1.16 bits per heavy atom. The van der Waals surface area contributed by atoms with E-state index in [1.807, 2.05) is 0 Å². The number of guanidine groups is 1. The van der Waals surface area contributed by atoms with Gasteiger partial charge in [-0.1, -0.05) is 30.3 Å². The average molecular weight is 358 g/mol. The molecule has 0 aromatic heterocycles. The predicted octanol–water partition coefficient (Wildman–Crippen LogP) is 3.49. The summed E-state index contributed by atoms with van der Waals surface area (Å²) >= 11 is 1.71. The van der Waals surface area contributed by atoms with Crippen LogP contribution in [0.25, 0.3) is 0 Å². The van der Waals surface area contributed by atoms with Gasteiger partial charge in [-0.3, -0.25) is 15.1 Å². The van der Waals surface area contributed by atoms with Gasteiger partial charge in [-0.25, -0.2) is 0 Å². The van der Waals surface area contributed by atoms with Crippen LogP contribution in [0.15, 0.2) is 52.4 Å². The lowest BCUT2D eigenvalue weighted by Crippen LogP contribution is -2.36. The molecule has 0 spiro atoms. The average Bonchev–Trinajstić information content (AvgIpc) is 2.62. The van der Waals surface area contributed by atoms with E-state index in [4.69, 9.17) is 0 Å². The summed E-state index contributed by atoms with van der Waals surface area (Å²) in [6, 6.07) is 13.0. The van der Waals surface area contributed by atoms with Gasteiger partial charge in [0.15, 0.2) is 5.96 Å². The molecule has 0 aliphatic heterocycles. The zero-order valence-corrected chi connectivity index (χ0v) is 15.4. The minimum atomic E-state index is -0.371. The fourth-order valence-electron chi connectivity index (χ4n) is 2.41. The first kappa shape index (κ1) is 18.8. The lowest BCUT2D eigenvalue weighted by Gasteiger charge is -2.14. The first-order valence-corrected chi connectivity index (χ1v) is 9.08. The zero-order chi connectivity index (χ0) is 18.2. The highest BCUT2D eigenvalue weighted by atomic mass is 32.2. The fraction of sp³-hybridized carbons (Fsp3) is 0.278. The molecule has 2 aromatic carbocycles. The Balaban J connectivity index is 1.99. The second-order valence-electron chi connectivity index (χ2n) is 5.48. The number of hydrogen-bond donors (Lipinski definition) is 2. The molecule has 0 saturated carbocycles. The van der Waals surface area contributed by atoms with Crippen molar-refractivity contribution in [3.63, 3.8) is 0 Å². The van der Waals surface area contributed by atoms with Gasteiger partial charge in [0.1, 0.15) is 0 Å². The Kier molecular flexibility index (Phi) is 6.82. The van der Waals surface area contributed by atoms with E-state index in [2.05, 4.69) is 47.0 Å². The van der Waals surface area contributed by atoms with Crippen LogP contribution in [0.2, 0.25) is 0 Å². The third-order valence-electron chi connectivity index (χ3n) is 3.75. The highest BCUT2D eigenvalue weighted by molar-refractivity contribution is 7.98. The molecule has 0 aliphatic carbocycles. The fourth-order valence-corrected chi connectivity index (χ4v) is 3.12.